The summed E-state index contributed by atoms with van der Waals surface area (Å²) in [4.78, 5) is 0. The molecule has 0 aliphatic heterocycles. The van der Waals surface area contributed by atoms with Crippen LogP contribution in [0.2, 0.25) is 0 Å². The summed E-state index contributed by atoms with van der Waals surface area (Å²) in [5.74, 6) is 3.05. The highest BCUT2D eigenvalue weighted by atomic mass is 32.2. The molecule has 3 heterocycles. The molecule has 0 unspecified atom stereocenters. The molecule has 0 bridgehead atoms. The van der Waals surface area contributed by atoms with Crippen molar-refractivity contribution in [3.63, 3.8) is 0 Å². The summed E-state index contributed by atoms with van der Waals surface area (Å²) in [7, 11) is 0. The Hall–Kier alpha value is -2.42. The first-order valence-electron chi connectivity index (χ1n) is 7.71. The van der Waals surface area contributed by atoms with E-state index in [1.165, 1.54) is 0 Å². The number of hydrogen-bond donors (Lipinski definition) is 0. The van der Waals surface area contributed by atoms with Crippen molar-refractivity contribution in [1.82, 2.24) is 35.0 Å². The summed E-state index contributed by atoms with van der Waals surface area (Å²) >= 11 is 1.56. The SMILES string of the molecule is C=CCn1c(SCc2nnnn2CCC)nnc1-c1ccoc1C. The van der Waals surface area contributed by atoms with Gasteiger partial charge in [-0.3, -0.25) is 4.57 Å². The molecule has 9 heteroatoms. The maximum Gasteiger partial charge on any atom is 0.192 e. The Morgan fingerprint density at radius 3 is 2.92 bits per heavy atom. The standard InChI is InChI=1S/C15H19N7OS/c1-4-7-21-14(12-6-9-23-11(12)3)17-18-15(21)24-10-13-16-19-20-22(13)8-5-2/h4,6,9H,1,5,7-8,10H2,2-3H3. The van der Waals surface area contributed by atoms with Crippen molar-refractivity contribution in [2.24, 2.45) is 0 Å². The summed E-state index contributed by atoms with van der Waals surface area (Å²) in [5.41, 5.74) is 0.937. The molecule has 0 fully saturated rings. The molecule has 3 aromatic heterocycles. The molecule has 0 spiro atoms. The van der Waals surface area contributed by atoms with Crippen molar-refractivity contribution in [3.8, 4) is 11.4 Å². The number of hydrogen-bond acceptors (Lipinski definition) is 7. The van der Waals surface area contributed by atoms with Crippen LogP contribution in [0.5, 0.6) is 0 Å². The minimum Gasteiger partial charge on any atom is -0.469 e. The molecule has 24 heavy (non-hydrogen) atoms. The fraction of sp³-hybridized carbons (Fsp3) is 0.400. The van der Waals surface area contributed by atoms with Gasteiger partial charge >= 0.3 is 0 Å². The number of allylic oxidation sites excluding steroid dienone is 1. The zero-order chi connectivity index (χ0) is 16.9. The van der Waals surface area contributed by atoms with Crippen molar-refractivity contribution in [2.45, 2.75) is 44.3 Å². The van der Waals surface area contributed by atoms with Crippen LogP contribution in [0.15, 0.2) is 34.6 Å². The second-order valence-corrected chi connectivity index (χ2v) is 6.15. The van der Waals surface area contributed by atoms with E-state index in [-0.39, 0.29) is 0 Å². The topological polar surface area (TPSA) is 87.5 Å². The minimum atomic E-state index is 0.620. The smallest absolute Gasteiger partial charge is 0.192 e. The maximum absolute atomic E-state index is 5.38. The van der Waals surface area contributed by atoms with Gasteiger partial charge in [-0.1, -0.05) is 24.8 Å². The number of rotatable bonds is 8. The Bertz CT molecular complexity index is 820. The predicted molar refractivity (Wildman–Crippen MR) is 90.3 cm³/mol. The minimum absolute atomic E-state index is 0.620. The Morgan fingerprint density at radius 1 is 1.33 bits per heavy atom. The van der Waals surface area contributed by atoms with Gasteiger partial charge < -0.3 is 4.42 Å². The molecule has 0 aliphatic carbocycles. The lowest BCUT2D eigenvalue weighted by Crippen LogP contribution is -2.05. The molecule has 3 aromatic rings. The predicted octanol–water partition coefficient (Wildman–Crippen LogP) is 2.72. The molecular formula is C15H19N7OS. The van der Waals surface area contributed by atoms with Crippen LogP contribution in [-0.2, 0) is 18.8 Å². The summed E-state index contributed by atoms with van der Waals surface area (Å²) < 4.78 is 9.22. The maximum atomic E-state index is 5.38. The van der Waals surface area contributed by atoms with Crippen LogP contribution in [0, 0.1) is 6.92 Å². The molecule has 0 radical (unpaired) electrons. The Balaban J connectivity index is 1.83. The molecule has 0 atom stereocenters. The molecule has 126 valence electrons. The second kappa shape index (κ2) is 7.43. The number of furan rings is 1. The van der Waals surface area contributed by atoms with E-state index in [0.717, 1.165) is 41.1 Å². The van der Waals surface area contributed by atoms with Gasteiger partial charge in [-0.05, 0) is 29.8 Å². The van der Waals surface area contributed by atoms with E-state index in [9.17, 15) is 0 Å². The highest BCUT2D eigenvalue weighted by Crippen LogP contribution is 2.28. The highest BCUT2D eigenvalue weighted by molar-refractivity contribution is 7.98. The molecule has 0 saturated carbocycles. The quantitative estimate of drug-likeness (QED) is 0.458. The Morgan fingerprint density at radius 2 is 2.21 bits per heavy atom. The van der Waals surface area contributed by atoms with Crippen molar-refractivity contribution < 1.29 is 4.42 Å². The first-order chi connectivity index (χ1) is 11.7. The van der Waals surface area contributed by atoms with Crippen molar-refractivity contribution >= 4 is 11.8 Å². The van der Waals surface area contributed by atoms with Gasteiger partial charge in [-0.15, -0.1) is 21.9 Å². The zero-order valence-electron chi connectivity index (χ0n) is 13.7. The summed E-state index contributed by atoms with van der Waals surface area (Å²) in [5, 5.41) is 21.3. The molecule has 8 nitrogen and oxygen atoms in total. The first kappa shape index (κ1) is 16.4. The lowest BCUT2D eigenvalue weighted by molar-refractivity contribution is 0.534. The van der Waals surface area contributed by atoms with Gasteiger partial charge in [0.05, 0.1) is 17.6 Å². The number of aryl methyl sites for hydroxylation is 2. The van der Waals surface area contributed by atoms with Crippen LogP contribution in [0.4, 0.5) is 0 Å². The number of aromatic nitrogens is 7. The van der Waals surface area contributed by atoms with E-state index >= 15 is 0 Å². The van der Waals surface area contributed by atoms with E-state index in [1.807, 2.05) is 28.3 Å². The van der Waals surface area contributed by atoms with Crippen LogP contribution < -0.4 is 0 Å². The van der Waals surface area contributed by atoms with Crippen molar-refractivity contribution in [3.05, 3.63) is 36.6 Å². The zero-order valence-corrected chi connectivity index (χ0v) is 14.5. The second-order valence-electron chi connectivity index (χ2n) is 5.20. The van der Waals surface area contributed by atoms with Crippen LogP contribution >= 0.6 is 11.8 Å². The fourth-order valence-electron chi connectivity index (χ4n) is 2.35. The van der Waals surface area contributed by atoms with Gasteiger partial charge in [0.25, 0.3) is 0 Å². The molecular weight excluding hydrogens is 326 g/mol. The molecule has 0 aromatic carbocycles. The molecule has 0 saturated heterocycles. The third-order valence-corrected chi connectivity index (χ3v) is 4.46. The molecule has 0 amide bonds. The summed E-state index contributed by atoms with van der Waals surface area (Å²) in [6.45, 7) is 9.26. The van der Waals surface area contributed by atoms with Crippen LogP contribution in [0.25, 0.3) is 11.4 Å². The lowest BCUT2D eigenvalue weighted by Gasteiger charge is -2.07. The van der Waals surface area contributed by atoms with Crippen molar-refractivity contribution in [2.75, 3.05) is 0 Å². The van der Waals surface area contributed by atoms with E-state index in [2.05, 4.69) is 39.2 Å². The van der Waals surface area contributed by atoms with Gasteiger partial charge in [0.15, 0.2) is 16.8 Å². The van der Waals surface area contributed by atoms with Crippen LogP contribution in [0.3, 0.4) is 0 Å². The molecule has 3 rings (SSSR count). The first-order valence-corrected chi connectivity index (χ1v) is 8.69. The third kappa shape index (κ3) is 3.25. The van der Waals surface area contributed by atoms with E-state index in [0.29, 0.717) is 12.3 Å². The average molecular weight is 345 g/mol. The van der Waals surface area contributed by atoms with Gasteiger partial charge in [0.2, 0.25) is 0 Å². The number of thioether (sulfide) groups is 1. The van der Waals surface area contributed by atoms with E-state index < -0.39 is 0 Å². The van der Waals surface area contributed by atoms with E-state index in [1.54, 1.807) is 18.0 Å². The van der Waals surface area contributed by atoms with E-state index in [4.69, 9.17) is 4.42 Å². The summed E-state index contributed by atoms with van der Waals surface area (Å²) in [6, 6.07) is 1.90. The Kier molecular flexibility index (Phi) is 5.09. The third-order valence-electron chi connectivity index (χ3n) is 3.50. The Labute approximate surface area is 144 Å². The largest absolute Gasteiger partial charge is 0.469 e. The van der Waals surface area contributed by atoms with Gasteiger partial charge in [0, 0.05) is 13.1 Å². The van der Waals surface area contributed by atoms with Gasteiger partial charge in [-0.25, -0.2) is 4.68 Å². The monoisotopic (exact) mass is 345 g/mol. The van der Waals surface area contributed by atoms with Gasteiger partial charge in [-0.2, -0.15) is 0 Å². The number of nitrogens with zero attached hydrogens (tertiary/aromatic N) is 7. The van der Waals surface area contributed by atoms with Gasteiger partial charge in [0.1, 0.15) is 5.76 Å². The van der Waals surface area contributed by atoms with Crippen molar-refractivity contribution in [1.29, 1.82) is 0 Å². The van der Waals surface area contributed by atoms with Crippen LogP contribution in [-0.4, -0.2) is 35.0 Å². The number of tetrazole rings is 1. The molecule has 0 N–H and O–H groups in total. The summed E-state index contributed by atoms with van der Waals surface area (Å²) in [6.07, 6.45) is 4.47. The van der Waals surface area contributed by atoms with Crippen LogP contribution in [0.1, 0.15) is 24.9 Å². The molecule has 0 aliphatic rings. The fourth-order valence-corrected chi connectivity index (χ4v) is 3.23. The lowest BCUT2D eigenvalue weighted by atomic mass is 10.2. The normalized spacial score (nSPS) is 11.1. The highest BCUT2D eigenvalue weighted by Gasteiger charge is 2.17. The average Bonchev–Trinajstić information content (AvgIpc) is 3.27.